The fourth-order valence-electron chi connectivity index (χ4n) is 2.55. The number of hydrogen-bond donors (Lipinski definition) is 1. The molecule has 2 aromatic rings. The first-order valence-electron chi connectivity index (χ1n) is 8.46. The minimum Gasteiger partial charge on any atom is -0.385 e. The van der Waals surface area contributed by atoms with Crippen LogP contribution in [-0.4, -0.2) is 39.6 Å². The SMILES string of the molecule is CCCCN(CCCC)CC(O)c1cnc2cc(Cl)ccc2n1. The minimum absolute atomic E-state index is 0.605. The van der Waals surface area contributed by atoms with Crippen molar-refractivity contribution in [1.82, 2.24) is 14.9 Å². The molecule has 0 amide bonds. The molecule has 1 unspecified atom stereocenters. The Bertz CT molecular complexity index is 612. The predicted molar refractivity (Wildman–Crippen MR) is 95.8 cm³/mol. The lowest BCUT2D eigenvalue weighted by Gasteiger charge is -2.24. The Morgan fingerprint density at radius 2 is 1.83 bits per heavy atom. The number of benzene rings is 1. The number of aliphatic hydroxyl groups is 1. The second-order valence-electron chi connectivity index (χ2n) is 5.95. The summed E-state index contributed by atoms with van der Waals surface area (Å²) in [6, 6.07) is 5.42. The maximum atomic E-state index is 10.5. The number of unbranched alkanes of at least 4 members (excludes halogenated alkanes) is 2. The van der Waals surface area contributed by atoms with Gasteiger partial charge in [-0.3, -0.25) is 4.98 Å². The van der Waals surface area contributed by atoms with Crippen molar-refractivity contribution in [3.8, 4) is 0 Å². The lowest BCUT2D eigenvalue weighted by Crippen LogP contribution is -2.31. The molecule has 1 N–H and O–H groups in total. The van der Waals surface area contributed by atoms with Gasteiger partial charge in [-0.1, -0.05) is 38.3 Å². The van der Waals surface area contributed by atoms with Crippen molar-refractivity contribution in [1.29, 1.82) is 0 Å². The zero-order chi connectivity index (χ0) is 16.7. The van der Waals surface area contributed by atoms with Crippen LogP contribution >= 0.6 is 11.6 Å². The van der Waals surface area contributed by atoms with Gasteiger partial charge in [-0.2, -0.15) is 0 Å². The van der Waals surface area contributed by atoms with Crippen LogP contribution in [0.25, 0.3) is 11.0 Å². The molecule has 0 aliphatic rings. The third-order valence-electron chi connectivity index (χ3n) is 3.95. The number of rotatable bonds is 9. The fourth-order valence-corrected chi connectivity index (χ4v) is 2.72. The lowest BCUT2D eigenvalue weighted by molar-refractivity contribution is 0.108. The second-order valence-corrected chi connectivity index (χ2v) is 6.39. The minimum atomic E-state index is -0.615. The first-order valence-corrected chi connectivity index (χ1v) is 8.84. The Labute approximate surface area is 143 Å². The monoisotopic (exact) mass is 335 g/mol. The molecule has 1 aromatic heterocycles. The van der Waals surface area contributed by atoms with Crippen molar-refractivity contribution in [2.24, 2.45) is 0 Å². The van der Waals surface area contributed by atoms with Gasteiger partial charge in [0.2, 0.25) is 0 Å². The van der Waals surface area contributed by atoms with E-state index in [1.54, 1.807) is 18.3 Å². The van der Waals surface area contributed by atoms with E-state index in [1.807, 2.05) is 6.07 Å². The molecule has 0 saturated carbocycles. The van der Waals surface area contributed by atoms with E-state index in [0.29, 0.717) is 17.3 Å². The van der Waals surface area contributed by atoms with Crippen molar-refractivity contribution < 1.29 is 5.11 Å². The van der Waals surface area contributed by atoms with Crippen LogP contribution < -0.4 is 0 Å². The van der Waals surface area contributed by atoms with E-state index in [4.69, 9.17) is 11.6 Å². The van der Waals surface area contributed by atoms with Gasteiger partial charge in [0.15, 0.2) is 0 Å². The standard InChI is InChI=1S/C18H26ClN3O/c1-3-5-9-22(10-6-4-2)13-18(23)17-12-20-16-11-14(19)7-8-15(16)21-17/h7-8,11-12,18,23H,3-6,9-10,13H2,1-2H3. The first kappa shape index (κ1) is 18.1. The van der Waals surface area contributed by atoms with Crippen LogP contribution in [0, 0.1) is 0 Å². The number of aromatic nitrogens is 2. The van der Waals surface area contributed by atoms with Gasteiger partial charge >= 0.3 is 0 Å². The molecule has 23 heavy (non-hydrogen) atoms. The largest absolute Gasteiger partial charge is 0.385 e. The molecule has 4 nitrogen and oxygen atoms in total. The maximum absolute atomic E-state index is 10.5. The number of nitrogens with zero attached hydrogens (tertiary/aromatic N) is 3. The van der Waals surface area contributed by atoms with Gasteiger partial charge in [-0.15, -0.1) is 0 Å². The normalized spacial score (nSPS) is 12.9. The van der Waals surface area contributed by atoms with Crippen molar-refractivity contribution in [2.75, 3.05) is 19.6 Å². The van der Waals surface area contributed by atoms with Crippen LogP contribution in [0.5, 0.6) is 0 Å². The average molecular weight is 336 g/mol. The molecule has 0 aliphatic carbocycles. The number of aliphatic hydroxyl groups excluding tert-OH is 1. The van der Waals surface area contributed by atoms with E-state index in [1.165, 1.54) is 0 Å². The van der Waals surface area contributed by atoms with Gasteiger partial charge < -0.3 is 10.0 Å². The van der Waals surface area contributed by atoms with Crippen LogP contribution in [0.2, 0.25) is 5.02 Å². The molecule has 1 aromatic carbocycles. The van der Waals surface area contributed by atoms with Crippen LogP contribution in [0.3, 0.4) is 0 Å². The van der Waals surface area contributed by atoms with Gasteiger partial charge in [0, 0.05) is 11.6 Å². The van der Waals surface area contributed by atoms with Gasteiger partial charge in [-0.05, 0) is 44.1 Å². The van der Waals surface area contributed by atoms with Crippen LogP contribution in [0.1, 0.15) is 51.3 Å². The lowest BCUT2D eigenvalue weighted by atomic mass is 10.2. The third kappa shape index (κ3) is 5.41. The van der Waals surface area contributed by atoms with E-state index < -0.39 is 6.10 Å². The highest BCUT2D eigenvalue weighted by Gasteiger charge is 2.15. The van der Waals surface area contributed by atoms with E-state index in [0.717, 1.165) is 49.8 Å². The maximum Gasteiger partial charge on any atom is 0.110 e. The molecular formula is C18H26ClN3O. The summed E-state index contributed by atoms with van der Waals surface area (Å²) >= 11 is 5.96. The number of halogens is 1. The topological polar surface area (TPSA) is 49.2 Å². The van der Waals surface area contributed by atoms with E-state index in [2.05, 4.69) is 28.7 Å². The molecule has 126 valence electrons. The summed E-state index contributed by atoms with van der Waals surface area (Å²) in [6.45, 7) is 7.02. The van der Waals surface area contributed by atoms with Gasteiger partial charge in [0.1, 0.15) is 6.10 Å². The van der Waals surface area contributed by atoms with Crippen molar-refractivity contribution >= 4 is 22.6 Å². The summed E-state index contributed by atoms with van der Waals surface area (Å²) < 4.78 is 0. The molecule has 0 spiro atoms. The molecule has 1 atom stereocenters. The second kappa shape index (κ2) is 9.16. The molecule has 1 heterocycles. The van der Waals surface area contributed by atoms with E-state index >= 15 is 0 Å². The van der Waals surface area contributed by atoms with Crippen molar-refractivity contribution in [3.63, 3.8) is 0 Å². The summed E-state index contributed by atoms with van der Waals surface area (Å²) in [7, 11) is 0. The summed E-state index contributed by atoms with van der Waals surface area (Å²) in [4.78, 5) is 11.2. The van der Waals surface area contributed by atoms with Crippen LogP contribution in [0.4, 0.5) is 0 Å². The van der Waals surface area contributed by atoms with Crippen LogP contribution in [0.15, 0.2) is 24.4 Å². The summed E-state index contributed by atoms with van der Waals surface area (Å²) in [5, 5.41) is 11.2. The molecule has 0 fully saturated rings. The van der Waals surface area contributed by atoms with Gasteiger partial charge in [0.25, 0.3) is 0 Å². The predicted octanol–water partition coefficient (Wildman–Crippen LogP) is 4.22. The van der Waals surface area contributed by atoms with E-state index in [9.17, 15) is 5.11 Å². The molecule has 5 heteroatoms. The molecule has 0 bridgehead atoms. The molecule has 2 rings (SSSR count). The van der Waals surface area contributed by atoms with Gasteiger partial charge in [0.05, 0.1) is 22.9 Å². The Kier molecular flexibility index (Phi) is 7.21. The van der Waals surface area contributed by atoms with E-state index in [-0.39, 0.29) is 0 Å². The third-order valence-corrected chi connectivity index (χ3v) is 4.19. The summed E-state index contributed by atoms with van der Waals surface area (Å²) in [5.41, 5.74) is 2.14. The Morgan fingerprint density at radius 3 is 2.48 bits per heavy atom. The van der Waals surface area contributed by atoms with Crippen molar-refractivity contribution in [2.45, 2.75) is 45.6 Å². The highest BCUT2D eigenvalue weighted by atomic mass is 35.5. The average Bonchev–Trinajstić information content (AvgIpc) is 2.56. The smallest absolute Gasteiger partial charge is 0.110 e. The molecule has 0 radical (unpaired) electrons. The Hall–Kier alpha value is -1.23. The Morgan fingerprint density at radius 1 is 1.13 bits per heavy atom. The zero-order valence-electron chi connectivity index (χ0n) is 14.0. The van der Waals surface area contributed by atoms with Gasteiger partial charge in [-0.25, -0.2) is 4.98 Å². The highest BCUT2D eigenvalue weighted by Crippen LogP contribution is 2.19. The number of hydrogen-bond acceptors (Lipinski definition) is 4. The molecular weight excluding hydrogens is 310 g/mol. The zero-order valence-corrected chi connectivity index (χ0v) is 14.8. The van der Waals surface area contributed by atoms with Crippen molar-refractivity contribution in [3.05, 3.63) is 35.1 Å². The highest BCUT2D eigenvalue weighted by molar-refractivity contribution is 6.31. The molecule has 0 aliphatic heterocycles. The fraction of sp³-hybridized carbons (Fsp3) is 0.556. The first-order chi connectivity index (χ1) is 11.1. The summed E-state index contributed by atoms with van der Waals surface area (Å²) in [5.74, 6) is 0. The molecule has 0 saturated heterocycles. The summed E-state index contributed by atoms with van der Waals surface area (Å²) in [6.07, 6.45) is 5.67. The van der Waals surface area contributed by atoms with Crippen LogP contribution in [-0.2, 0) is 0 Å². The quantitative estimate of drug-likeness (QED) is 0.745. The number of fused-ring (bicyclic) bond motifs is 1. The Balaban J connectivity index is 2.07.